The van der Waals surface area contributed by atoms with Crippen molar-refractivity contribution in [2.24, 2.45) is 0 Å². The van der Waals surface area contributed by atoms with Gasteiger partial charge in [-0.2, -0.15) is 4.98 Å². The molecule has 0 radical (unpaired) electrons. The van der Waals surface area contributed by atoms with E-state index in [1.54, 1.807) is 15.5 Å². The Morgan fingerprint density at radius 1 is 1.17 bits per heavy atom. The standard InChI is InChI=1S/C30H32ClF2N5O4/c1-4-25(39)36-13-18(3)37(14-17(36)2)29-22-12-23(31)26(21-6-5-19(32)11-24(21)33)28-27(22)38(30(40)34-29)20(16-42-28)15-35-7-9-41-10-8-35/h4-6,11-12,17-18,20H,1,7-10,13-16H2,2-3H3/t17-,18+,20-/m1/s1. The molecule has 12 heteroatoms. The maximum absolute atomic E-state index is 15.1. The number of nitrogens with zero attached hydrogens (tertiary/aromatic N) is 5. The largest absolute Gasteiger partial charge is 0.488 e. The number of aromatic nitrogens is 2. The van der Waals surface area contributed by atoms with Crippen LogP contribution in [0.3, 0.4) is 0 Å². The highest BCUT2D eigenvalue weighted by molar-refractivity contribution is 6.35. The topological polar surface area (TPSA) is 80.1 Å². The molecule has 0 aliphatic carbocycles. The summed E-state index contributed by atoms with van der Waals surface area (Å²) in [6, 6.07) is 4.24. The zero-order valence-corrected chi connectivity index (χ0v) is 24.2. The monoisotopic (exact) mass is 599 g/mol. The van der Waals surface area contributed by atoms with E-state index in [1.807, 2.05) is 18.7 Å². The molecular weight excluding hydrogens is 568 g/mol. The number of halogens is 3. The minimum atomic E-state index is -0.792. The Kier molecular flexibility index (Phi) is 7.67. The van der Waals surface area contributed by atoms with Crippen LogP contribution in [0.25, 0.3) is 22.0 Å². The molecule has 222 valence electrons. The van der Waals surface area contributed by atoms with Crippen LogP contribution in [0.5, 0.6) is 5.75 Å². The van der Waals surface area contributed by atoms with Crippen LogP contribution in [0.15, 0.2) is 41.7 Å². The van der Waals surface area contributed by atoms with Gasteiger partial charge in [-0.1, -0.05) is 18.2 Å². The number of morpholine rings is 1. The summed E-state index contributed by atoms with van der Waals surface area (Å²) in [6.07, 6.45) is 1.30. The highest BCUT2D eigenvalue weighted by Gasteiger charge is 2.36. The molecule has 3 atom stereocenters. The number of benzene rings is 2. The van der Waals surface area contributed by atoms with Crippen molar-refractivity contribution >= 4 is 34.2 Å². The maximum Gasteiger partial charge on any atom is 0.350 e. The van der Waals surface area contributed by atoms with Crippen molar-refractivity contribution in [3.8, 4) is 16.9 Å². The first-order valence-electron chi connectivity index (χ1n) is 14.0. The van der Waals surface area contributed by atoms with Crippen molar-refractivity contribution in [3.63, 3.8) is 0 Å². The summed E-state index contributed by atoms with van der Waals surface area (Å²) >= 11 is 6.84. The first kappa shape index (κ1) is 28.6. The summed E-state index contributed by atoms with van der Waals surface area (Å²) in [5.74, 6) is -0.995. The number of ether oxygens (including phenoxy) is 2. The van der Waals surface area contributed by atoms with Crippen LogP contribution in [-0.4, -0.2) is 89.9 Å². The average molecular weight is 600 g/mol. The van der Waals surface area contributed by atoms with Crippen molar-refractivity contribution in [1.82, 2.24) is 19.4 Å². The quantitative estimate of drug-likeness (QED) is 0.412. The normalized spacial score (nSPS) is 22.7. The number of carbonyl (C=O) groups is 1. The van der Waals surface area contributed by atoms with Crippen molar-refractivity contribution in [2.45, 2.75) is 32.0 Å². The van der Waals surface area contributed by atoms with Crippen LogP contribution in [0.4, 0.5) is 14.6 Å². The summed E-state index contributed by atoms with van der Waals surface area (Å²) in [5.41, 5.74) is 0.320. The molecule has 0 spiro atoms. The zero-order chi connectivity index (χ0) is 29.7. The molecule has 2 saturated heterocycles. The molecule has 4 heterocycles. The molecule has 9 nitrogen and oxygen atoms in total. The van der Waals surface area contributed by atoms with Crippen molar-refractivity contribution in [2.75, 3.05) is 57.4 Å². The number of hydrogen-bond acceptors (Lipinski definition) is 7. The van der Waals surface area contributed by atoms with E-state index in [0.29, 0.717) is 49.6 Å². The minimum absolute atomic E-state index is 0.0702. The van der Waals surface area contributed by atoms with Crippen molar-refractivity contribution in [1.29, 1.82) is 0 Å². The number of carbonyl (C=O) groups excluding carboxylic acids is 1. The van der Waals surface area contributed by atoms with Gasteiger partial charge < -0.3 is 19.3 Å². The third kappa shape index (κ3) is 4.93. The molecule has 0 bridgehead atoms. The lowest BCUT2D eigenvalue weighted by molar-refractivity contribution is -0.128. The van der Waals surface area contributed by atoms with Crippen LogP contribution < -0.4 is 15.3 Å². The van der Waals surface area contributed by atoms with E-state index in [4.69, 9.17) is 21.1 Å². The van der Waals surface area contributed by atoms with Gasteiger partial charge in [0.25, 0.3) is 0 Å². The number of amides is 1. The van der Waals surface area contributed by atoms with Gasteiger partial charge in [0.2, 0.25) is 5.91 Å². The molecular formula is C30H32ClF2N5O4. The van der Waals surface area contributed by atoms with Crippen molar-refractivity contribution in [3.05, 3.63) is 64.1 Å². The molecule has 0 N–H and O–H groups in total. The summed E-state index contributed by atoms with van der Waals surface area (Å²) < 4.78 is 42.4. The first-order valence-corrected chi connectivity index (χ1v) is 14.4. The van der Waals surface area contributed by atoms with Gasteiger partial charge in [-0.25, -0.2) is 13.6 Å². The van der Waals surface area contributed by atoms with Gasteiger partial charge >= 0.3 is 5.69 Å². The maximum atomic E-state index is 15.1. The Hall–Kier alpha value is -3.54. The van der Waals surface area contributed by atoms with Crippen molar-refractivity contribution < 1.29 is 23.0 Å². The highest BCUT2D eigenvalue weighted by atomic mass is 35.5. The van der Waals surface area contributed by atoms with Gasteiger partial charge in [0.05, 0.1) is 29.8 Å². The van der Waals surface area contributed by atoms with Crippen LogP contribution in [0.1, 0.15) is 19.9 Å². The molecule has 1 amide bonds. The molecule has 6 rings (SSSR count). The van der Waals surface area contributed by atoms with Gasteiger partial charge in [-0.3, -0.25) is 14.3 Å². The van der Waals surface area contributed by atoms with Gasteiger partial charge in [0.1, 0.15) is 24.1 Å². The summed E-state index contributed by atoms with van der Waals surface area (Å²) in [7, 11) is 0. The second-order valence-electron chi connectivity index (χ2n) is 11.1. The third-order valence-electron chi connectivity index (χ3n) is 8.37. The Bertz CT molecular complexity index is 1630. The summed E-state index contributed by atoms with van der Waals surface area (Å²) in [4.78, 5) is 36.9. The molecule has 3 aliphatic heterocycles. The van der Waals surface area contributed by atoms with Gasteiger partial charge in [-0.05, 0) is 38.1 Å². The van der Waals surface area contributed by atoms with E-state index in [2.05, 4.69) is 16.5 Å². The smallest absolute Gasteiger partial charge is 0.350 e. The molecule has 3 aromatic rings. The molecule has 2 aromatic carbocycles. The van der Waals surface area contributed by atoms with Crippen LogP contribution >= 0.6 is 11.6 Å². The van der Waals surface area contributed by atoms with Crippen LogP contribution in [0, 0.1) is 11.6 Å². The fourth-order valence-electron chi connectivity index (χ4n) is 6.28. The summed E-state index contributed by atoms with van der Waals surface area (Å²) in [6.45, 7) is 11.7. The Labute approximate surface area is 246 Å². The Balaban J connectivity index is 1.54. The summed E-state index contributed by atoms with van der Waals surface area (Å²) in [5, 5.41) is 0.763. The number of rotatable bonds is 5. The van der Waals surface area contributed by atoms with Crippen LogP contribution in [0.2, 0.25) is 5.02 Å². The molecule has 0 saturated carbocycles. The lowest BCUT2D eigenvalue weighted by Crippen LogP contribution is -2.58. The van der Waals surface area contributed by atoms with E-state index in [1.165, 1.54) is 12.1 Å². The number of piperazine rings is 1. The Morgan fingerprint density at radius 2 is 1.93 bits per heavy atom. The molecule has 2 fully saturated rings. The predicted molar refractivity (Wildman–Crippen MR) is 156 cm³/mol. The van der Waals surface area contributed by atoms with E-state index < -0.39 is 17.3 Å². The second-order valence-corrected chi connectivity index (χ2v) is 11.5. The second kappa shape index (κ2) is 11.3. The fourth-order valence-corrected chi connectivity index (χ4v) is 6.58. The zero-order valence-electron chi connectivity index (χ0n) is 23.5. The predicted octanol–water partition coefficient (Wildman–Crippen LogP) is 3.87. The van der Waals surface area contributed by atoms with E-state index in [0.717, 1.165) is 25.2 Å². The Morgan fingerprint density at radius 3 is 2.64 bits per heavy atom. The molecule has 42 heavy (non-hydrogen) atoms. The fraction of sp³-hybridized carbons (Fsp3) is 0.433. The number of hydrogen-bond donors (Lipinski definition) is 0. The van der Waals surface area contributed by atoms with Gasteiger partial charge in [0.15, 0.2) is 5.75 Å². The van der Waals surface area contributed by atoms with Gasteiger partial charge in [0, 0.05) is 67.4 Å². The first-order chi connectivity index (χ1) is 20.2. The molecule has 0 unspecified atom stereocenters. The lowest BCUT2D eigenvalue weighted by Gasteiger charge is -2.45. The van der Waals surface area contributed by atoms with E-state index in [-0.39, 0.29) is 52.5 Å². The van der Waals surface area contributed by atoms with E-state index in [9.17, 15) is 14.0 Å². The average Bonchev–Trinajstić information content (AvgIpc) is 2.97. The highest BCUT2D eigenvalue weighted by Crippen LogP contribution is 2.47. The van der Waals surface area contributed by atoms with E-state index >= 15 is 4.39 Å². The van der Waals surface area contributed by atoms with Crippen LogP contribution in [-0.2, 0) is 9.53 Å². The van der Waals surface area contributed by atoms with Gasteiger partial charge in [-0.15, -0.1) is 0 Å². The third-order valence-corrected chi connectivity index (χ3v) is 8.67. The molecule has 1 aromatic heterocycles. The number of anilines is 1. The SMILES string of the molecule is C=CC(=O)N1C[C@H](C)N(c2nc(=O)n3c4c(c(-c5ccc(F)cc5F)c(Cl)cc24)OC[C@H]3CN2CCOCC2)C[C@H]1C. The minimum Gasteiger partial charge on any atom is -0.488 e. The molecule has 3 aliphatic rings. The lowest BCUT2D eigenvalue weighted by atomic mass is 9.99.